The average molecular weight is 339 g/mol. The summed E-state index contributed by atoms with van der Waals surface area (Å²) in [5, 5.41) is 0.724. The summed E-state index contributed by atoms with van der Waals surface area (Å²) in [4.78, 5) is 22.6. The molecule has 0 spiro atoms. The molecule has 0 saturated carbocycles. The van der Waals surface area contributed by atoms with Crippen LogP contribution in [-0.2, 0) is 11.3 Å². The van der Waals surface area contributed by atoms with Gasteiger partial charge in [0.1, 0.15) is 17.0 Å². The van der Waals surface area contributed by atoms with E-state index in [0.717, 1.165) is 22.3 Å². The Morgan fingerprint density at radius 2 is 1.88 bits per heavy atom. The second-order valence-corrected chi connectivity index (χ2v) is 6.06. The first-order chi connectivity index (χ1) is 12.0. The molecule has 6 heteroatoms. The molecular weight excluding hydrogens is 318 g/mol. The summed E-state index contributed by atoms with van der Waals surface area (Å²) in [7, 11) is 1.76. The Balaban J connectivity index is 1.73. The zero-order valence-electron chi connectivity index (χ0n) is 14.9. The number of furan rings is 1. The Morgan fingerprint density at radius 3 is 2.60 bits per heavy atom. The van der Waals surface area contributed by atoms with E-state index in [0.29, 0.717) is 24.0 Å². The van der Waals surface area contributed by atoms with Crippen LogP contribution < -0.4 is 4.74 Å². The van der Waals surface area contributed by atoms with E-state index in [2.05, 4.69) is 9.97 Å². The Labute approximate surface area is 146 Å². The summed E-state index contributed by atoms with van der Waals surface area (Å²) in [5.74, 6) is 1.58. The topological polar surface area (TPSA) is 68.5 Å². The van der Waals surface area contributed by atoms with Gasteiger partial charge >= 0.3 is 0 Å². The molecule has 0 atom stereocenters. The minimum Gasteiger partial charge on any atom is -0.467 e. The summed E-state index contributed by atoms with van der Waals surface area (Å²) >= 11 is 0. The van der Waals surface area contributed by atoms with Crippen LogP contribution in [0.5, 0.6) is 5.88 Å². The number of nitrogens with zero attached hydrogens (tertiary/aromatic N) is 3. The second kappa shape index (κ2) is 6.93. The minimum absolute atomic E-state index is 0.0848. The highest BCUT2D eigenvalue weighted by Crippen LogP contribution is 2.30. The molecule has 0 radical (unpaired) electrons. The van der Waals surface area contributed by atoms with Crippen LogP contribution in [0.25, 0.3) is 11.1 Å². The number of amides is 1. The molecule has 2 heterocycles. The third kappa shape index (κ3) is 3.63. The van der Waals surface area contributed by atoms with Gasteiger partial charge in [0.05, 0.1) is 0 Å². The van der Waals surface area contributed by atoms with E-state index in [4.69, 9.17) is 9.15 Å². The van der Waals surface area contributed by atoms with E-state index < -0.39 is 0 Å². The predicted octanol–water partition coefficient (Wildman–Crippen LogP) is 3.19. The molecule has 0 aliphatic rings. The number of rotatable bonds is 5. The summed E-state index contributed by atoms with van der Waals surface area (Å²) in [6.45, 7) is 6.01. The molecule has 3 aromatic rings. The molecule has 3 rings (SSSR count). The Bertz CT molecular complexity index is 903. The molecule has 0 aliphatic carbocycles. The summed E-state index contributed by atoms with van der Waals surface area (Å²) in [6.07, 6.45) is 0. The minimum atomic E-state index is -0.119. The zero-order valence-corrected chi connectivity index (χ0v) is 14.9. The maximum Gasteiger partial charge on any atom is 0.260 e. The highest BCUT2D eigenvalue weighted by Gasteiger charge is 2.18. The van der Waals surface area contributed by atoms with Crippen molar-refractivity contribution >= 4 is 17.0 Å². The van der Waals surface area contributed by atoms with E-state index in [1.165, 1.54) is 0 Å². The van der Waals surface area contributed by atoms with Gasteiger partial charge in [0.15, 0.2) is 6.61 Å². The van der Waals surface area contributed by atoms with Crippen LogP contribution in [0.3, 0.4) is 0 Å². The summed E-state index contributed by atoms with van der Waals surface area (Å²) in [6, 6.07) is 9.83. The molecule has 0 unspecified atom stereocenters. The van der Waals surface area contributed by atoms with Gasteiger partial charge in [-0.2, -0.15) is 9.97 Å². The third-order valence-electron chi connectivity index (χ3n) is 4.13. The quantitative estimate of drug-likeness (QED) is 0.714. The SMILES string of the molecule is Cc1nc(OCC(=O)N(C)Cc2ccccc2)c2c(C)c(C)oc2n1. The number of aromatic nitrogens is 2. The van der Waals surface area contributed by atoms with Crippen LogP contribution in [0, 0.1) is 20.8 Å². The first kappa shape index (κ1) is 17.0. The summed E-state index contributed by atoms with van der Waals surface area (Å²) < 4.78 is 11.3. The fourth-order valence-electron chi connectivity index (χ4n) is 2.60. The number of carbonyl (C=O) groups is 1. The Kier molecular flexibility index (Phi) is 4.70. The molecule has 1 amide bonds. The fourth-order valence-corrected chi connectivity index (χ4v) is 2.60. The van der Waals surface area contributed by atoms with Gasteiger partial charge in [0.2, 0.25) is 11.6 Å². The van der Waals surface area contributed by atoms with Crippen LogP contribution >= 0.6 is 0 Å². The van der Waals surface area contributed by atoms with E-state index in [9.17, 15) is 4.79 Å². The third-order valence-corrected chi connectivity index (χ3v) is 4.13. The first-order valence-electron chi connectivity index (χ1n) is 8.10. The lowest BCUT2D eigenvalue weighted by Gasteiger charge is -2.17. The number of hydrogen-bond donors (Lipinski definition) is 0. The van der Waals surface area contributed by atoms with Crippen LogP contribution in [0.4, 0.5) is 0 Å². The molecule has 0 aliphatic heterocycles. The molecule has 0 bridgehead atoms. The monoisotopic (exact) mass is 339 g/mol. The van der Waals surface area contributed by atoms with E-state index in [-0.39, 0.29) is 12.5 Å². The van der Waals surface area contributed by atoms with E-state index in [1.54, 1.807) is 18.9 Å². The number of hydrogen-bond acceptors (Lipinski definition) is 5. The molecule has 1 aromatic carbocycles. The van der Waals surface area contributed by atoms with Gasteiger partial charge in [0, 0.05) is 19.2 Å². The maximum absolute atomic E-state index is 12.4. The van der Waals surface area contributed by atoms with Gasteiger partial charge in [-0.1, -0.05) is 30.3 Å². The van der Waals surface area contributed by atoms with Crippen LogP contribution in [0.15, 0.2) is 34.7 Å². The number of benzene rings is 1. The number of likely N-dealkylation sites (N-methyl/N-ethyl adjacent to an activating group) is 1. The molecular formula is C19H21N3O3. The van der Waals surface area contributed by atoms with Gasteiger partial charge in [0.25, 0.3) is 5.91 Å². The standard InChI is InChI=1S/C19H21N3O3/c1-12-13(2)25-19-17(12)18(20-14(3)21-19)24-11-16(23)22(4)10-15-8-6-5-7-9-15/h5-9H,10-11H2,1-4H3. The lowest BCUT2D eigenvalue weighted by Crippen LogP contribution is -2.31. The van der Waals surface area contributed by atoms with Crippen molar-refractivity contribution in [3.05, 3.63) is 53.0 Å². The number of carbonyl (C=O) groups excluding carboxylic acids is 1. The van der Waals surface area contributed by atoms with Crippen LogP contribution in [-0.4, -0.2) is 34.4 Å². The Hall–Kier alpha value is -2.89. The van der Waals surface area contributed by atoms with Gasteiger partial charge < -0.3 is 14.1 Å². The molecule has 6 nitrogen and oxygen atoms in total. The molecule has 25 heavy (non-hydrogen) atoms. The molecule has 0 saturated heterocycles. The Morgan fingerprint density at radius 1 is 1.16 bits per heavy atom. The van der Waals surface area contributed by atoms with E-state index >= 15 is 0 Å². The number of fused-ring (bicyclic) bond motifs is 1. The summed E-state index contributed by atoms with van der Waals surface area (Å²) in [5.41, 5.74) is 2.48. The smallest absolute Gasteiger partial charge is 0.260 e. The van der Waals surface area contributed by atoms with Crippen molar-refractivity contribution in [2.24, 2.45) is 0 Å². The molecule has 2 aromatic heterocycles. The van der Waals surface area contributed by atoms with Crippen molar-refractivity contribution in [2.75, 3.05) is 13.7 Å². The van der Waals surface area contributed by atoms with Crippen molar-refractivity contribution in [3.8, 4) is 5.88 Å². The van der Waals surface area contributed by atoms with Crippen molar-refractivity contribution in [1.82, 2.24) is 14.9 Å². The largest absolute Gasteiger partial charge is 0.467 e. The first-order valence-corrected chi connectivity index (χ1v) is 8.10. The lowest BCUT2D eigenvalue weighted by atomic mass is 10.2. The second-order valence-electron chi connectivity index (χ2n) is 6.06. The highest BCUT2D eigenvalue weighted by atomic mass is 16.5. The lowest BCUT2D eigenvalue weighted by molar-refractivity contribution is -0.132. The van der Waals surface area contributed by atoms with Gasteiger partial charge in [-0.05, 0) is 26.3 Å². The van der Waals surface area contributed by atoms with Crippen molar-refractivity contribution in [1.29, 1.82) is 0 Å². The van der Waals surface area contributed by atoms with Crippen molar-refractivity contribution in [3.63, 3.8) is 0 Å². The molecule has 130 valence electrons. The fraction of sp³-hybridized carbons (Fsp3) is 0.316. The van der Waals surface area contributed by atoms with Gasteiger partial charge in [-0.15, -0.1) is 0 Å². The average Bonchev–Trinajstić information content (AvgIpc) is 2.87. The van der Waals surface area contributed by atoms with Gasteiger partial charge in [-0.25, -0.2) is 0 Å². The number of aryl methyl sites for hydroxylation is 3. The highest BCUT2D eigenvalue weighted by molar-refractivity contribution is 5.84. The van der Waals surface area contributed by atoms with E-state index in [1.807, 2.05) is 44.2 Å². The normalized spacial score (nSPS) is 10.9. The van der Waals surface area contributed by atoms with Crippen LogP contribution in [0.1, 0.15) is 22.7 Å². The van der Waals surface area contributed by atoms with Crippen LogP contribution in [0.2, 0.25) is 0 Å². The molecule has 0 N–H and O–H groups in total. The van der Waals surface area contributed by atoms with Gasteiger partial charge in [-0.3, -0.25) is 4.79 Å². The van der Waals surface area contributed by atoms with Crippen molar-refractivity contribution in [2.45, 2.75) is 27.3 Å². The number of ether oxygens (including phenoxy) is 1. The predicted molar refractivity (Wildman–Crippen MR) is 94.4 cm³/mol. The van der Waals surface area contributed by atoms with Crippen molar-refractivity contribution < 1.29 is 13.9 Å². The molecule has 0 fully saturated rings. The zero-order chi connectivity index (χ0) is 18.0. The maximum atomic E-state index is 12.4.